The molecule has 0 radical (unpaired) electrons. The van der Waals surface area contributed by atoms with Crippen molar-refractivity contribution < 1.29 is 14.3 Å². The van der Waals surface area contributed by atoms with Gasteiger partial charge < -0.3 is 15.0 Å². The fraction of sp³-hybridized carbons (Fsp3) is 0.240. The van der Waals surface area contributed by atoms with Crippen LogP contribution in [0.4, 0.5) is 0 Å². The first-order valence-corrected chi connectivity index (χ1v) is 10.2. The number of aromatic nitrogens is 1. The quantitative estimate of drug-likeness (QED) is 0.651. The van der Waals surface area contributed by atoms with E-state index in [2.05, 4.69) is 10.3 Å². The van der Waals surface area contributed by atoms with Gasteiger partial charge in [0.25, 0.3) is 11.5 Å². The van der Waals surface area contributed by atoms with E-state index in [9.17, 15) is 14.4 Å². The van der Waals surface area contributed by atoms with Gasteiger partial charge in [0.05, 0.1) is 0 Å². The van der Waals surface area contributed by atoms with E-state index < -0.39 is 11.5 Å². The molecule has 1 aliphatic carbocycles. The Hall–Kier alpha value is -3.67. The molecule has 31 heavy (non-hydrogen) atoms. The van der Waals surface area contributed by atoms with Crippen LogP contribution in [0.15, 0.2) is 65.5 Å². The number of hydrogen-bond acceptors (Lipinski definition) is 4. The number of hydrogen-bond donors (Lipinski definition) is 2. The van der Waals surface area contributed by atoms with Gasteiger partial charge in [0.15, 0.2) is 5.78 Å². The van der Waals surface area contributed by atoms with Gasteiger partial charge in [-0.1, -0.05) is 44.2 Å². The van der Waals surface area contributed by atoms with Crippen molar-refractivity contribution in [2.75, 3.05) is 0 Å². The zero-order valence-electron chi connectivity index (χ0n) is 17.5. The normalized spacial score (nSPS) is 14.6. The lowest BCUT2D eigenvalue weighted by Gasteiger charge is -2.29. The number of carbonyl (C=O) groups is 2. The Morgan fingerprint density at radius 2 is 1.74 bits per heavy atom. The topological polar surface area (TPSA) is 88.3 Å². The van der Waals surface area contributed by atoms with E-state index >= 15 is 0 Å². The molecule has 0 fully saturated rings. The van der Waals surface area contributed by atoms with Crippen LogP contribution in [-0.2, 0) is 13.0 Å². The van der Waals surface area contributed by atoms with Gasteiger partial charge in [-0.3, -0.25) is 14.4 Å². The number of Topliss-reactive ketones (excluding diaryl/α,β-unsaturated/α-hetero) is 1. The van der Waals surface area contributed by atoms with Crippen LogP contribution in [0, 0.1) is 5.41 Å². The Balaban J connectivity index is 1.47. The minimum Gasteiger partial charge on any atom is -0.457 e. The predicted octanol–water partition coefficient (Wildman–Crippen LogP) is 4.25. The molecule has 0 saturated carbocycles. The number of ketones is 1. The first-order chi connectivity index (χ1) is 14.8. The van der Waals surface area contributed by atoms with Gasteiger partial charge >= 0.3 is 0 Å². The minimum absolute atomic E-state index is 0.0523. The fourth-order valence-electron chi connectivity index (χ4n) is 3.82. The van der Waals surface area contributed by atoms with Crippen LogP contribution >= 0.6 is 0 Å². The molecule has 0 spiro atoms. The lowest BCUT2D eigenvalue weighted by atomic mass is 9.75. The van der Waals surface area contributed by atoms with Crippen molar-refractivity contribution in [1.82, 2.24) is 10.3 Å². The van der Waals surface area contributed by atoms with Crippen molar-refractivity contribution in [3.05, 3.63) is 93.4 Å². The van der Waals surface area contributed by atoms with E-state index in [1.54, 1.807) is 0 Å². The third-order valence-electron chi connectivity index (χ3n) is 5.29. The summed E-state index contributed by atoms with van der Waals surface area (Å²) in [6.07, 6.45) is 0.987. The summed E-state index contributed by atoms with van der Waals surface area (Å²) >= 11 is 0. The van der Waals surface area contributed by atoms with Gasteiger partial charge in [-0.25, -0.2) is 0 Å². The predicted molar refractivity (Wildman–Crippen MR) is 118 cm³/mol. The highest BCUT2D eigenvalue weighted by Crippen LogP contribution is 2.33. The summed E-state index contributed by atoms with van der Waals surface area (Å²) in [6.45, 7) is 4.20. The molecule has 1 aliphatic rings. The number of fused-ring (bicyclic) bond motifs is 1. The molecule has 6 nitrogen and oxygen atoms in total. The fourth-order valence-corrected chi connectivity index (χ4v) is 3.82. The van der Waals surface area contributed by atoms with E-state index in [4.69, 9.17) is 4.74 Å². The van der Waals surface area contributed by atoms with Crippen molar-refractivity contribution in [2.24, 2.45) is 5.41 Å². The summed E-state index contributed by atoms with van der Waals surface area (Å²) in [5.41, 5.74) is 1.13. The van der Waals surface area contributed by atoms with Crippen LogP contribution in [0.3, 0.4) is 0 Å². The van der Waals surface area contributed by atoms with Crippen LogP contribution in [-0.4, -0.2) is 16.7 Å². The Labute approximate surface area is 180 Å². The molecular weight excluding hydrogens is 392 g/mol. The van der Waals surface area contributed by atoms with Crippen LogP contribution in [0.25, 0.3) is 0 Å². The van der Waals surface area contributed by atoms with Crippen LogP contribution in [0.5, 0.6) is 11.5 Å². The molecule has 2 aromatic carbocycles. The number of pyridine rings is 1. The molecule has 0 aliphatic heterocycles. The van der Waals surface area contributed by atoms with Crippen molar-refractivity contribution in [2.45, 2.75) is 33.2 Å². The average Bonchev–Trinajstić information content (AvgIpc) is 2.72. The Morgan fingerprint density at radius 1 is 1.00 bits per heavy atom. The summed E-state index contributed by atoms with van der Waals surface area (Å²) in [5.74, 6) is 0.799. The second-order valence-corrected chi connectivity index (χ2v) is 8.59. The van der Waals surface area contributed by atoms with Gasteiger partial charge in [-0.2, -0.15) is 0 Å². The molecule has 1 amide bonds. The van der Waals surface area contributed by atoms with Crippen molar-refractivity contribution in [3.63, 3.8) is 0 Å². The molecule has 4 rings (SSSR count). The maximum absolute atomic E-state index is 12.7. The summed E-state index contributed by atoms with van der Waals surface area (Å²) < 4.78 is 5.82. The summed E-state index contributed by atoms with van der Waals surface area (Å²) in [5, 5.41) is 2.76. The number of carbonyl (C=O) groups excluding carboxylic acids is 2. The second kappa shape index (κ2) is 8.22. The lowest BCUT2D eigenvalue weighted by molar-refractivity contribution is 0.0910. The number of aromatic amines is 1. The van der Waals surface area contributed by atoms with E-state index in [1.807, 2.05) is 68.4 Å². The standard InChI is InChI=1S/C25H24N2O4/c1-25(2)13-21-19(22(28)14-25)12-20(24(30)27-21)23(29)26-15-16-7-6-10-18(11-16)31-17-8-4-3-5-9-17/h3-12H,13-15H2,1-2H3,(H,26,29)(H,27,30). The molecule has 0 atom stereocenters. The third kappa shape index (κ3) is 4.74. The van der Waals surface area contributed by atoms with Gasteiger partial charge in [-0.15, -0.1) is 0 Å². The van der Waals surface area contributed by atoms with E-state index in [-0.39, 0.29) is 23.3 Å². The van der Waals surface area contributed by atoms with Crippen LogP contribution in [0.2, 0.25) is 0 Å². The Morgan fingerprint density at radius 3 is 2.52 bits per heavy atom. The second-order valence-electron chi connectivity index (χ2n) is 8.59. The van der Waals surface area contributed by atoms with Crippen molar-refractivity contribution in [1.29, 1.82) is 0 Å². The largest absolute Gasteiger partial charge is 0.457 e. The van der Waals surface area contributed by atoms with Crippen LogP contribution in [0.1, 0.15) is 52.2 Å². The highest BCUT2D eigenvalue weighted by Gasteiger charge is 2.32. The van der Waals surface area contributed by atoms with Crippen molar-refractivity contribution >= 4 is 11.7 Å². The first kappa shape index (κ1) is 20.6. The number of ether oxygens (including phenoxy) is 1. The number of amides is 1. The number of para-hydroxylation sites is 1. The van der Waals surface area contributed by atoms with Crippen LogP contribution < -0.4 is 15.6 Å². The zero-order valence-corrected chi connectivity index (χ0v) is 17.5. The maximum atomic E-state index is 12.7. The van der Waals surface area contributed by atoms with E-state index in [0.717, 1.165) is 11.3 Å². The number of rotatable bonds is 5. The molecule has 1 heterocycles. The molecule has 0 saturated heterocycles. The lowest BCUT2D eigenvalue weighted by Crippen LogP contribution is -2.34. The van der Waals surface area contributed by atoms with Gasteiger partial charge in [0.1, 0.15) is 17.1 Å². The molecule has 158 valence electrons. The molecule has 6 heteroatoms. The smallest absolute Gasteiger partial charge is 0.261 e. The molecule has 3 aromatic rings. The minimum atomic E-state index is -0.518. The number of benzene rings is 2. The zero-order chi connectivity index (χ0) is 22.0. The Bertz CT molecular complexity index is 1200. The Kier molecular flexibility index (Phi) is 5.46. The first-order valence-electron chi connectivity index (χ1n) is 10.2. The average molecular weight is 416 g/mol. The SMILES string of the molecule is CC1(C)CC(=O)c2cc(C(=O)NCc3cccc(Oc4ccccc4)c3)c(=O)[nH]c2C1. The summed E-state index contributed by atoms with van der Waals surface area (Å²) in [4.78, 5) is 40.4. The molecule has 0 unspecified atom stereocenters. The molecule has 0 bridgehead atoms. The summed E-state index contributed by atoms with van der Waals surface area (Å²) in [6, 6.07) is 18.2. The number of H-pyrrole nitrogens is 1. The maximum Gasteiger partial charge on any atom is 0.261 e. The molecule has 1 aromatic heterocycles. The van der Waals surface area contributed by atoms with E-state index in [0.29, 0.717) is 29.8 Å². The number of nitrogens with one attached hydrogen (secondary N) is 2. The summed E-state index contributed by atoms with van der Waals surface area (Å²) in [7, 11) is 0. The monoisotopic (exact) mass is 416 g/mol. The van der Waals surface area contributed by atoms with Crippen molar-refractivity contribution in [3.8, 4) is 11.5 Å². The van der Waals surface area contributed by atoms with E-state index in [1.165, 1.54) is 6.07 Å². The molecular formula is C25H24N2O4. The van der Waals surface area contributed by atoms with Gasteiger partial charge in [0, 0.05) is 24.2 Å². The molecule has 2 N–H and O–H groups in total. The van der Waals surface area contributed by atoms with Gasteiger partial charge in [-0.05, 0) is 47.7 Å². The highest BCUT2D eigenvalue weighted by molar-refractivity contribution is 6.02. The highest BCUT2D eigenvalue weighted by atomic mass is 16.5. The van der Waals surface area contributed by atoms with Gasteiger partial charge in [0.2, 0.25) is 0 Å². The third-order valence-corrected chi connectivity index (χ3v) is 5.29.